The van der Waals surface area contributed by atoms with Gasteiger partial charge < -0.3 is 15.0 Å². The van der Waals surface area contributed by atoms with Gasteiger partial charge in [-0.05, 0) is 48.4 Å². The summed E-state index contributed by atoms with van der Waals surface area (Å²) in [5.74, 6) is -0.591. The Balaban J connectivity index is 1.34. The van der Waals surface area contributed by atoms with Crippen LogP contribution < -0.4 is 15.0 Å². The number of nitrogens with zero attached hydrogens (tertiary/aromatic N) is 3. The van der Waals surface area contributed by atoms with Crippen molar-refractivity contribution in [2.75, 3.05) is 43.5 Å². The summed E-state index contributed by atoms with van der Waals surface area (Å²) in [6.07, 6.45) is 2.56. The predicted molar refractivity (Wildman–Crippen MR) is 124 cm³/mol. The van der Waals surface area contributed by atoms with Crippen molar-refractivity contribution in [1.29, 1.82) is 0 Å². The van der Waals surface area contributed by atoms with Crippen LogP contribution in [-0.4, -0.2) is 49.1 Å². The second-order valence-corrected chi connectivity index (χ2v) is 7.95. The van der Waals surface area contributed by atoms with Gasteiger partial charge in [0.25, 0.3) is 5.91 Å². The highest BCUT2D eigenvalue weighted by Gasteiger charge is 2.17. The fourth-order valence-electron chi connectivity index (χ4n) is 3.91. The van der Waals surface area contributed by atoms with Crippen LogP contribution in [0.1, 0.15) is 22.3 Å². The molecule has 1 aromatic heterocycles. The maximum atomic E-state index is 13.8. The Kier molecular flexibility index (Phi) is 7.14. The van der Waals surface area contributed by atoms with Crippen molar-refractivity contribution in [2.24, 2.45) is 0 Å². The monoisotopic (exact) mass is 452 g/mol. The Morgan fingerprint density at radius 1 is 1.06 bits per heavy atom. The average molecular weight is 453 g/mol. The lowest BCUT2D eigenvalue weighted by Crippen LogP contribution is -2.31. The second-order valence-electron chi connectivity index (χ2n) is 7.95. The van der Waals surface area contributed by atoms with Gasteiger partial charge in [-0.25, -0.2) is 13.8 Å². The number of methoxy groups -OCH3 is 1. The predicted octanol–water partition coefficient (Wildman–Crippen LogP) is 4.33. The fourth-order valence-corrected chi connectivity index (χ4v) is 3.91. The molecule has 3 aromatic rings. The van der Waals surface area contributed by atoms with E-state index in [2.05, 4.69) is 32.2 Å². The Hall–Kier alpha value is -3.52. The van der Waals surface area contributed by atoms with Gasteiger partial charge in [-0.15, -0.1) is 0 Å². The van der Waals surface area contributed by atoms with E-state index < -0.39 is 17.5 Å². The molecule has 0 radical (unpaired) electrons. The van der Waals surface area contributed by atoms with Gasteiger partial charge in [0.05, 0.1) is 24.6 Å². The van der Waals surface area contributed by atoms with E-state index in [-0.39, 0.29) is 5.56 Å². The van der Waals surface area contributed by atoms with E-state index in [0.29, 0.717) is 11.8 Å². The van der Waals surface area contributed by atoms with Crippen LogP contribution in [0.25, 0.3) is 0 Å². The number of ether oxygens (including phenoxy) is 1. The molecule has 0 atom stereocenters. The van der Waals surface area contributed by atoms with E-state index in [9.17, 15) is 13.6 Å². The first kappa shape index (κ1) is 22.7. The van der Waals surface area contributed by atoms with Crippen molar-refractivity contribution in [2.45, 2.75) is 13.0 Å². The van der Waals surface area contributed by atoms with E-state index in [4.69, 9.17) is 4.74 Å². The van der Waals surface area contributed by atoms with Crippen LogP contribution >= 0.6 is 0 Å². The minimum atomic E-state index is -0.903. The lowest BCUT2D eigenvalue weighted by molar-refractivity contribution is 0.102. The molecule has 1 aliphatic heterocycles. The Morgan fingerprint density at radius 2 is 1.94 bits per heavy atom. The molecule has 2 aromatic carbocycles. The Labute approximate surface area is 191 Å². The van der Waals surface area contributed by atoms with Crippen molar-refractivity contribution in [1.82, 2.24) is 9.88 Å². The molecule has 1 saturated heterocycles. The first-order valence-corrected chi connectivity index (χ1v) is 10.8. The minimum absolute atomic E-state index is 0.218. The van der Waals surface area contributed by atoms with Gasteiger partial charge in [-0.1, -0.05) is 12.1 Å². The van der Waals surface area contributed by atoms with E-state index >= 15 is 0 Å². The third-order valence-corrected chi connectivity index (χ3v) is 5.63. The molecule has 0 spiro atoms. The zero-order chi connectivity index (χ0) is 23.2. The molecule has 1 fully saturated rings. The summed E-state index contributed by atoms with van der Waals surface area (Å²) in [6, 6.07) is 14.6. The van der Waals surface area contributed by atoms with Crippen LogP contribution in [0.2, 0.25) is 0 Å². The topological polar surface area (TPSA) is 57.7 Å². The smallest absolute Gasteiger partial charge is 0.258 e. The maximum Gasteiger partial charge on any atom is 0.258 e. The molecule has 172 valence electrons. The van der Waals surface area contributed by atoms with E-state index in [1.807, 2.05) is 18.2 Å². The lowest BCUT2D eigenvalue weighted by Gasteiger charge is -2.23. The maximum absolute atomic E-state index is 13.8. The standard InChI is InChI=1S/C25H26F2N4O2/c1-33-21-5-2-4-18(14-21)17-30-10-3-11-31(13-12-30)24-9-7-20(16-28-24)29-25(32)22-8-6-19(26)15-23(22)27/h2,4-9,14-16H,3,10-13,17H2,1H3,(H,29,32). The molecule has 8 heteroatoms. The normalized spacial score (nSPS) is 14.6. The van der Waals surface area contributed by atoms with Gasteiger partial charge in [0.15, 0.2) is 0 Å². The summed E-state index contributed by atoms with van der Waals surface area (Å²) < 4.78 is 32.2. The number of hydrogen-bond acceptors (Lipinski definition) is 5. The number of amides is 1. The van der Waals surface area contributed by atoms with Crippen LogP contribution in [0.15, 0.2) is 60.8 Å². The number of pyridine rings is 1. The summed E-state index contributed by atoms with van der Waals surface area (Å²) in [4.78, 5) is 21.4. The third kappa shape index (κ3) is 5.84. The third-order valence-electron chi connectivity index (χ3n) is 5.63. The van der Waals surface area contributed by atoms with Gasteiger partial charge in [-0.3, -0.25) is 9.69 Å². The van der Waals surface area contributed by atoms with Crippen molar-refractivity contribution in [3.8, 4) is 5.75 Å². The Morgan fingerprint density at radius 3 is 2.70 bits per heavy atom. The fraction of sp³-hybridized carbons (Fsp3) is 0.280. The van der Waals surface area contributed by atoms with Crippen molar-refractivity contribution >= 4 is 17.4 Å². The van der Waals surface area contributed by atoms with Crippen LogP contribution in [-0.2, 0) is 6.54 Å². The molecule has 33 heavy (non-hydrogen) atoms. The molecule has 0 unspecified atom stereocenters. The largest absolute Gasteiger partial charge is 0.497 e. The zero-order valence-electron chi connectivity index (χ0n) is 18.4. The molecule has 0 saturated carbocycles. The number of carbonyl (C=O) groups excluding carboxylic acids is 1. The molecule has 4 rings (SSSR count). The molecular formula is C25H26F2N4O2. The van der Waals surface area contributed by atoms with Crippen LogP contribution in [0.4, 0.5) is 20.3 Å². The van der Waals surface area contributed by atoms with Gasteiger partial charge in [-0.2, -0.15) is 0 Å². The number of carbonyl (C=O) groups is 1. The highest BCUT2D eigenvalue weighted by atomic mass is 19.1. The number of aromatic nitrogens is 1. The second kappa shape index (κ2) is 10.4. The molecule has 0 aliphatic carbocycles. The average Bonchev–Trinajstić information content (AvgIpc) is 3.05. The van der Waals surface area contributed by atoms with Crippen LogP contribution in [0, 0.1) is 11.6 Å². The summed E-state index contributed by atoms with van der Waals surface area (Å²) >= 11 is 0. The molecule has 1 N–H and O–H groups in total. The van der Waals surface area contributed by atoms with Gasteiger partial charge in [0, 0.05) is 38.8 Å². The number of anilines is 2. The van der Waals surface area contributed by atoms with Gasteiger partial charge in [0.1, 0.15) is 23.2 Å². The van der Waals surface area contributed by atoms with Crippen molar-refractivity contribution < 1.29 is 18.3 Å². The molecule has 2 heterocycles. The van der Waals surface area contributed by atoms with E-state index in [1.54, 1.807) is 19.4 Å². The first-order valence-electron chi connectivity index (χ1n) is 10.8. The van der Waals surface area contributed by atoms with Crippen molar-refractivity contribution in [3.63, 3.8) is 0 Å². The molecule has 1 aliphatic rings. The van der Waals surface area contributed by atoms with E-state index in [1.165, 1.54) is 5.56 Å². The number of halogens is 2. The SMILES string of the molecule is COc1cccc(CN2CCCN(c3ccc(NC(=O)c4ccc(F)cc4F)cn3)CC2)c1. The van der Waals surface area contributed by atoms with Crippen LogP contribution in [0.3, 0.4) is 0 Å². The summed E-state index contributed by atoms with van der Waals surface area (Å²) in [7, 11) is 1.67. The molecular weight excluding hydrogens is 426 g/mol. The van der Waals surface area contributed by atoms with Crippen LogP contribution in [0.5, 0.6) is 5.75 Å². The summed E-state index contributed by atoms with van der Waals surface area (Å²) in [6.45, 7) is 4.48. The molecule has 6 nitrogen and oxygen atoms in total. The van der Waals surface area contributed by atoms with E-state index in [0.717, 1.165) is 62.8 Å². The highest BCUT2D eigenvalue weighted by Crippen LogP contribution is 2.20. The first-order chi connectivity index (χ1) is 16.0. The molecule has 1 amide bonds. The minimum Gasteiger partial charge on any atom is -0.497 e. The highest BCUT2D eigenvalue weighted by molar-refractivity contribution is 6.04. The van der Waals surface area contributed by atoms with Gasteiger partial charge in [0.2, 0.25) is 0 Å². The number of nitrogens with one attached hydrogen (secondary N) is 1. The summed E-state index contributed by atoms with van der Waals surface area (Å²) in [5, 5.41) is 2.60. The quantitative estimate of drug-likeness (QED) is 0.603. The number of rotatable bonds is 6. The zero-order valence-corrected chi connectivity index (χ0v) is 18.4. The Bertz CT molecular complexity index is 1110. The number of hydrogen-bond donors (Lipinski definition) is 1. The molecule has 0 bridgehead atoms. The summed E-state index contributed by atoms with van der Waals surface area (Å²) in [5.41, 5.74) is 1.45. The van der Waals surface area contributed by atoms with Crippen molar-refractivity contribution in [3.05, 3.63) is 83.6 Å². The number of benzene rings is 2. The van der Waals surface area contributed by atoms with Gasteiger partial charge >= 0.3 is 0 Å². The lowest BCUT2D eigenvalue weighted by atomic mass is 10.2.